The van der Waals surface area contributed by atoms with E-state index in [1.165, 1.54) is 25.7 Å². The monoisotopic (exact) mass is 299 g/mol. The summed E-state index contributed by atoms with van der Waals surface area (Å²) >= 11 is 0. The Balaban J connectivity index is 1.62. The van der Waals surface area contributed by atoms with Crippen LogP contribution in [0.3, 0.4) is 0 Å². The molecule has 1 aromatic heterocycles. The van der Waals surface area contributed by atoms with E-state index in [0.29, 0.717) is 17.5 Å². The lowest BCUT2D eigenvalue weighted by atomic mass is 9.95. The Hall–Kier alpha value is -2.04. The van der Waals surface area contributed by atoms with Gasteiger partial charge in [0.1, 0.15) is 5.82 Å². The van der Waals surface area contributed by atoms with Gasteiger partial charge in [-0.3, -0.25) is 4.98 Å². The van der Waals surface area contributed by atoms with E-state index in [-0.39, 0.29) is 0 Å². The molecule has 0 aliphatic heterocycles. The van der Waals surface area contributed by atoms with Gasteiger partial charge >= 0.3 is 0 Å². The number of anilines is 1. The molecule has 2 bridgehead atoms. The molecule has 1 N–H and O–H groups in total. The molecule has 2 aliphatic rings. The van der Waals surface area contributed by atoms with Gasteiger partial charge in [-0.05, 0) is 31.1 Å². The summed E-state index contributed by atoms with van der Waals surface area (Å²) in [5.74, 6) is 3.95. The second-order valence-corrected chi connectivity index (χ2v) is 6.38. The van der Waals surface area contributed by atoms with Gasteiger partial charge in [-0.2, -0.15) is 0 Å². The molecule has 22 heavy (non-hydrogen) atoms. The first-order chi connectivity index (χ1) is 10.8. The molecule has 5 heteroatoms. The average molecular weight is 299 g/mol. The van der Waals surface area contributed by atoms with Crippen molar-refractivity contribution in [2.45, 2.75) is 31.7 Å². The van der Waals surface area contributed by atoms with Crippen LogP contribution in [0.1, 0.15) is 25.7 Å². The molecule has 1 aromatic carbocycles. The maximum Gasteiger partial charge on any atom is 0.163 e. The molecule has 2 unspecified atom stereocenters. The zero-order valence-electron chi connectivity index (χ0n) is 13.0. The number of benzene rings is 1. The van der Waals surface area contributed by atoms with Crippen LogP contribution in [0.25, 0.3) is 11.0 Å². The molecular formula is C17H21N3O2. The number of rotatable bonds is 4. The molecule has 0 spiro atoms. The average Bonchev–Trinajstić information content (AvgIpc) is 3.16. The summed E-state index contributed by atoms with van der Waals surface area (Å²) in [5, 5.41) is 3.58. The Bertz CT molecular complexity index is 704. The topological polar surface area (TPSA) is 56.3 Å². The van der Waals surface area contributed by atoms with Crippen molar-refractivity contribution in [3.63, 3.8) is 0 Å². The van der Waals surface area contributed by atoms with Crippen LogP contribution in [0.2, 0.25) is 0 Å². The van der Waals surface area contributed by atoms with Crippen molar-refractivity contribution >= 4 is 16.9 Å². The van der Waals surface area contributed by atoms with Gasteiger partial charge in [-0.1, -0.05) is 6.42 Å². The van der Waals surface area contributed by atoms with Crippen LogP contribution in [0.4, 0.5) is 5.82 Å². The van der Waals surface area contributed by atoms with E-state index < -0.39 is 0 Å². The highest BCUT2D eigenvalue weighted by atomic mass is 16.5. The highest BCUT2D eigenvalue weighted by Gasteiger charge is 2.39. The zero-order valence-corrected chi connectivity index (χ0v) is 13.0. The summed E-state index contributed by atoms with van der Waals surface area (Å²) in [7, 11) is 3.26. The summed E-state index contributed by atoms with van der Waals surface area (Å²) in [6, 6.07) is 4.31. The van der Waals surface area contributed by atoms with Crippen LogP contribution >= 0.6 is 0 Å². The number of hydrogen-bond acceptors (Lipinski definition) is 5. The number of methoxy groups -OCH3 is 2. The Kier molecular flexibility index (Phi) is 3.28. The van der Waals surface area contributed by atoms with Crippen molar-refractivity contribution in [3.8, 4) is 11.5 Å². The molecule has 4 rings (SSSR count). The van der Waals surface area contributed by atoms with Crippen LogP contribution < -0.4 is 14.8 Å². The van der Waals surface area contributed by atoms with E-state index in [9.17, 15) is 0 Å². The van der Waals surface area contributed by atoms with Gasteiger partial charge in [-0.15, -0.1) is 0 Å². The Morgan fingerprint density at radius 2 is 1.82 bits per heavy atom. The normalized spacial score (nSPS) is 26.4. The Morgan fingerprint density at radius 3 is 2.45 bits per heavy atom. The van der Waals surface area contributed by atoms with Crippen LogP contribution in [0, 0.1) is 11.8 Å². The molecule has 2 saturated carbocycles. The molecular weight excluding hydrogens is 278 g/mol. The third-order valence-corrected chi connectivity index (χ3v) is 5.12. The largest absolute Gasteiger partial charge is 0.493 e. The lowest BCUT2D eigenvalue weighted by Crippen LogP contribution is -2.26. The third-order valence-electron chi connectivity index (χ3n) is 5.12. The fourth-order valence-corrected chi connectivity index (χ4v) is 4.02. The first-order valence-corrected chi connectivity index (χ1v) is 7.92. The molecule has 0 saturated heterocycles. The van der Waals surface area contributed by atoms with Gasteiger partial charge in [-0.25, -0.2) is 4.98 Å². The Morgan fingerprint density at radius 1 is 1.05 bits per heavy atom. The van der Waals surface area contributed by atoms with Crippen molar-refractivity contribution in [1.29, 1.82) is 0 Å². The van der Waals surface area contributed by atoms with Gasteiger partial charge < -0.3 is 14.8 Å². The number of ether oxygens (including phenoxy) is 2. The summed E-state index contributed by atoms with van der Waals surface area (Å²) in [6.07, 6.45) is 7.23. The summed E-state index contributed by atoms with van der Waals surface area (Å²) in [6.45, 7) is 0. The molecule has 0 radical (unpaired) electrons. The molecule has 2 fully saturated rings. The van der Waals surface area contributed by atoms with Crippen molar-refractivity contribution in [2.24, 2.45) is 11.8 Å². The summed E-state index contributed by atoms with van der Waals surface area (Å²) < 4.78 is 10.7. The number of nitrogens with one attached hydrogen (secondary N) is 1. The SMILES string of the molecule is COc1cc2ncc(N[C@H]3CC4CCC3C4)nc2cc1OC. The highest BCUT2D eigenvalue weighted by molar-refractivity contribution is 5.80. The number of hydrogen-bond donors (Lipinski definition) is 1. The van der Waals surface area contributed by atoms with Crippen LogP contribution in [-0.4, -0.2) is 30.2 Å². The van der Waals surface area contributed by atoms with Gasteiger partial charge in [0.15, 0.2) is 11.5 Å². The van der Waals surface area contributed by atoms with Crippen molar-refractivity contribution in [3.05, 3.63) is 18.3 Å². The molecule has 5 nitrogen and oxygen atoms in total. The smallest absolute Gasteiger partial charge is 0.163 e. The van der Waals surface area contributed by atoms with Crippen LogP contribution in [0.15, 0.2) is 18.3 Å². The van der Waals surface area contributed by atoms with Crippen molar-refractivity contribution in [2.75, 3.05) is 19.5 Å². The fourth-order valence-electron chi connectivity index (χ4n) is 4.02. The standard InChI is InChI=1S/C17H21N3O2/c1-21-15-7-13-14(8-16(15)22-2)20-17(9-18-13)19-12-6-10-3-4-11(12)5-10/h7-12H,3-6H2,1-2H3,(H,19,20)/t10?,11?,12-/m0/s1. The molecule has 0 amide bonds. The maximum absolute atomic E-state index is 5.34. The molecule has 116 valence electrons. The second kappa shape index (κ2) is 5.30. The quantitative estimate of drug-likeness (QED) is 0.939. The lowest BCUT2D eigenvalue weighted by Gasteiger charge is -2.23. The van der Waals surface area contributed by atoms with Gasteiger partial charge in [0.25, 0.3) is 0 Å². The van der Waals surface area contributed by atoms with E-state index in [0.717, 1.165) is 28.7 Å². The van der Waals surface area contributed by atoms with Gasteiger partial charge in [0.2, 0.25) is 0 Å². The fraction of sp³-hybridized carbons (Fsp3) is 0.529. The van der Waals surface area contributed by atoms with Crippen LogP contribution in [0.5, 0.6) is 11.5 Å². The minimum absolute atomic E-state index is 0.561. The van der Waals surface area contributed by atoms with Crippen molar-refractivity contribution < 1.29 is 9.47 Å². The number of fused-ring (bicyclic) bond motifs is 3. The molecule has 3 atom stereocenters. The highest BCUT2D eigenvalue weighted by Crippen LogP contribution is 2.45. The van der Waals surface area contributed by atoms with E-state index in [2.05, 4.69) is 10.3 Å². The van der Waals surface area contributed by atoms with E-state index in [1.807, 2.05) is 18.3 Å². The predicted octanol–water partition coefficient (Wildman–Crippen LogP) is 3.25. The van der Waals surface area contributed by atoms with E-state index in [4.69, 9.17) is 14.5 Å². The summed E-state index contributed by atoms with van der Waals surface area (Å²) in [5.41, 5.74) is 1.64. The first kappa shape index (κ1) is 13.6. The lowest BCUT2D eigenvalue weighted by molar-refractivity contribution is 0.355. The van der Waals surface area contributed by atoms with E-state index >= 15 is 0 Å². The van der Waals surface area contributed by atoms with Gasteiger partial charge in [0.05, 0.1) is 31.4 Å². The zero-order chi connectivity index (χ0) is 15.1. The summed E-state index contributed by atoms with van der Waals surface area (Å²) in [4.78, 5) is 9.21. The molecule has 2 aromatic rings. The maximum atomic E-state index is 5.34. The predicted molar refractivity (Wildman–Crippen MR) is 85.5 cm³/mol. The van der Waals surface area contributed by atoms with E-state index in [1.54, 1.807) is 14.2 Å². The van der Waals surface area contributed by atoms with Gasteiger partial charge in [0, 0.05) is 18.2 Å². The third kappa shape index (κ3) is 2.25. The molecule has 2 aliphatic carbocycles. The first-order valence-electron chi connectivity index (χ1n) is 7.92. The second-order valence-electron chi connectivity index (χ2n) is 6.38. The van der Waals surface area contributed by atoms with Crippen LogP contribution in [-0.2, 0) is 0 Å². The Labute approximate surface area is 130 Å². The minimum Gasteiger partial charge on any atom is -0.493 e. The molecule has 1 heterocycles. The number of nitrogens with zero attached hydrogens (tertiary/aromatic N) is 2. The number of aromatic nitrogens is 2. The van der Waals surface area contributed by atoms with Crippen molar-refractivity contribution in [1.82, 2.24) is 9.97 Å². The minimum atomic E-state index is 0.561.